The number of carbonyl (C=O) groups is 2. The Kier molecular flexibility index (Phi) is 3.85. The van der Waals surface area contributed by atoms with E-state index in [9.17, 15) is 14.7 Å². The van der Waals surface area contributed by atoms with Crippen LogP contribution in [0.3, 0.4) is 0 Å². The van der Waals surface area contributed by atoms with E-state index >= 15 is 0 Å². The number of carbonyl (C=O) groups excluding carboxylic acids is 2. The van der Waals surface area contributed by atoms with Gasteiger partial charge in [0.05, 0.1) is 13.2 Å². The molecule has 0 aromatic heterocycles. The second-order valence-corrected chi connectivity index (χ2v) is 5.50. The van der Waals surface area contributed by atoms with Crippen LogP contribution in [0.2, 0.25) is 0 Å². The summed E-state index contributed by atoms with van der Waals surface area (Å²) >= 11 is 0. The number of hydrogen-bond donors (Lipinski definition) is 3. The van der Waals surface area contributed by atoms with E-state index in [0.29, 0.717) is 0 Å². The third kappa shape index (κ3) is 2.46. The molecule has 0 spiro atoms. The Morgan fingerprint density at radius 3 is 2.59 bits per heavy atom. The lowest BCUT2D eigenvalue weighted by molar-refractivity contribution is -0.137. The van der Waals surface area contributed by atoms with Gasteiger partial charge >= 0.3 is 0 Å². The van der Waals surface area contributed by atoms with Crippen LogP contribution in [0.15, 0.2) is 23.9 Å². The lowest BCUT2D eigenvalue weighted by Gasteiger charge is -2.21. The average molecular weight is 302 g/mol. The number of aliphatic hydroxyl groups excluding tert-OH is 1. The number of aliphatic hydroxyl groups is 1. The number of benzene rings is 1. The summed E-state index contributed by atoms with van der Waals surface area (Å²) in [5.41, 5.74) is 2.89. The third-order valence-corrected chi connectivity index (χ3v) is 4.11. The Morgan fingerprint density at radius 1 is 1.14 bits per heavy atom. The molecular weight excluding hydrogens is 284 g/mol. The van der Waals surface area contributed by atoms with E-state index in [0.717, 1.165) is 47.4 Å². The summed E-state index contributed by atoms with van der Waals surface area (Å²) in [5, 5.41) is 21.9. The van der Waals surface area contributed by atoms with Gasteiger partial charge in [0, 0.05) is 11.8 Å². The molecule has 6 nitrogen and oxygen atoms in total. The van der Waals surface area contributed by atoms with Crippen molar-refractivity contribution in [2.45, 2.75) is 25.7 Å². The van der Waals surface area contributed by atoms with Gasteiger partial charge in [-0.05, 0) is 48.9 Å². The zero-order chi connectivity index (χ0) is 15.7. The van der Waals surface area contributed by atoms with E-state index in [1.807, 2.05) is 0 Å². The molecule has 2 amide bonds. The molecule has 0 radical (unpaired) electrons. The molecule has 0 saturated heterocycles. The van der Waals surface area contributed by atoms with Gasteiger partial charge in [-0.3, -0.25) is 14.5 Å². The molecule has 0 fully saturated rings. The van der Waals surface area contributed by atoms with Crippen LogP contribution in [-0.4, -0.2) is 40.1 Å². The summed E-state index contributed by atoms with van der Waals surface area (Å²) in [5.74, 6) is -0.573. The quantitative estimate of drug-likeness (QED) is 0.568. The van der Waals surface area contributed by atoms with Crippen molar-refractivity contribution >= 4 is 17.5 Å². The molecule has 1 aromatic rings. The molecule has 1 aliphatic heterocycles. The minimum absolute atomic E-state index is 0.00691. The highest BCUT2D eigenvalue weighted by Gasteiger charge is 2.31. The molecule has 6 heteroatoms. The van der Waals surface area contributed by atoms with Gasteiger partial charge in [0.2, 0.25) is 0 Å². The van der Waals surface area contributed by atoms with Gasteiger partial charge in [-0.15, -0.1) is 0 Å². The van der Waals surface area contributed by atoms with Crippen LogP contribution in [0.25, 0.3) is 0 Å². The van der Waals surface area contributed by atoms with Gasteiger partial charge in [-0.25, -0.2) is 0 Å². The van der Waals surface area contributed by atoms with E-state index in [2.05, 4.69) is 5.32 Å². The summed E-state index contributed by atoms with van der Waals surface area (Å²) in [7, 11) is 0. The maximum absolute atomic E-state index is 12.2. The summed E-state index contributed by atoms with van der Waals surface area (Å²) in [6.07, 6.45) is 4.98. The first-order valence-electron chi connectivity index (χ1n) is 7.41. The second-order valence-electron chi connectivity index (χ2n) is 5.50. The Labute approximate surface area is 128 Å². The van der Waals surface area contributed by atoms with Crippen molar-refractivity contribution in [3.63, 3.8) is 0 Å². The molecular formula is C16H18N2O4. The van der Waals surface area contributed by atoms with Crippen molar-refractivity contribution in [1.29, 1.82) is 0 Å². The third-order valence-electron chi connectivity index (χ3n) is 4.11. The minimum atomic E-state index is -0.434. The van der Waals surface area contributed by atoms with Crippen molar-refractivity contribution in [1.82, 2.24) is 4.90 Å². The number of phenols is 1. The van der Waals surface area contributed by atoms with Gasteiger partial charge in [0.1, 0.15) is 11.4 Å². The molecule has 0 saturated carbocycles. The molecule has 1 aliphatic carbocycles. The van der Waals surface area contributed by atoms with Gasteiger partial charge < -0.3 is 15.5 Å². The number of fused-ring (bicyclic) bond motifs is 1. The summed E-state index contributed by atoms with van der Waals surface area (Å²) < 4.78 is 0. The van der Waals surface area contributed by atoms with Crippen molar-refractivity contribution < 1.29 is 19.8 Å². The molecule has 3 rings (SSSR count). The zero-order valence-electron chi connectivity index (χ0n) is 12.1. The number of hydrogen-bond acceptors (Lipinski definition) is 5. The molecule has 1 heterocycles. The monoisotopic (exact) mass is 302 g/mol. The van der Waals surface area contributed by atoms with Crippen molar-refractivity contribution in [3.8, 4) is 5.75 Å². The fraction of sp³-hybridized carbons (Fsp3) is 0.375. The first kappa shape index (κ1) is 14.6. The molecule has 1 aromatic carbocycles. The van der Waals surface area contributed by atoms with Crippen LogP contribution in [-0.2, 0) is 22.4 Å². The Hall–Kier alpha value is -2.34. The fourth-order valence-electron chi connectivity index (χ4n) is 3.02. The number of aromatic hydroxyl groups is 1. The van der Waals surface area contributed by atoms with Gasteiger partial charge in [-0.1, -0.05) is 0 Å². The average Bonchev–Trinajstić information content (AvgIpc) is 2.78. The fourth-order valence-corrected chi connectivity index (χ4v) is 3.02. The van der Waals surface area contributed by atoms with Crippen LogP contribution in [0, 0.1) is 0 Å². The summed E-state index contributed by atoms with van der Waals surface area (Å²) in [6, 6.07) is 3.34. The number of amides is 2. The lowest BCUT2D eigenvalue weighted by atomic mass is 9.89. The maximum atomic E-state index is 12.2. The van der Waals surface area contributed by atoms with Crippen molar-refractivity contribution in [2.75, 3.05) is 18.5 Å². The van der Waals surface area contributed by atoms with E-state index < -0.39 is 11.8 Å². The number of nitrogens with one attached hydrogen (secondary N) is 1. The van der Waals surface area contributed by atoms with Crippen molar-refractivity contribution in [3.05, 3.63) is 35.0 Å². The first-order chi connectivity index (χ1) is 10.6. The number of anilines is 1. The number of phenolic OH excluding ortho intramolecular Hbond substituents is 1. The molecule has 0 bridgehead atoms. The summed E-state index contributed by atoms with van der Waals surface area (Å²) in [6.45, 7) is -0.264. The Balaban J connectivity index is 1.87. The number of β-amino-alcohol motifs (C(OH)–C–C–N with tert-alkyl or cyclic N) is 1. The van der Waals surface area contributed by atoms with Crippen LogP contribution >= 0.6 is 0 Å². The highest BCUT2D eigenvalue weighted by Crippen LogP contribution is 2.35. The number of imide groups is 1. The predicted molar refractivity (Wildman–Crippen MR) is 80.3 cm³/mol. The minimum Gasteiger partial charge on any atom is -0.508 e. The Bertz CT molecular complexity index is 666. The smallest absolute Gasteiger partial charge is 0.277 e. The molecule has 2 aliphatic rings. The predicted octanol–water partition coefficient (Wildman–Crippen LogP) is 0.928. The van der Waals surface area contributed by atoms with E-state index in [1.165, 1.54) is 6.08 Å². The number of nitrogens with zero attached hydrogens (tertiary/aromatic N) is 1. The van der Waals surface area contributed by atoms with Gasteiger partial charge in [0.15, 0.2) is 0 Å². The topological polar surface area (TPSA) is 89.9 Å². The lowest BCUT2D eigenvalue weighted by Crippen LogP contribution is -2.34. The van der Waals surface area contributed by atoms with Crippen molar-refractivity contribution in [2.24, 2.45) is 0 Å². The largest absolute Gasteiger partial charge is 0.508 e. The van der Waals surface area contributed by atoms with Gasteiger partial charge in [0.25, 0.3) is 11.8 Å². The van der Waals surface area contributed by atoms with Crippen LogP contribution in [0.1, 0.15) is 24.0 Å². The number of rotatable bonds is 4. The Morgan fingerprint density at radius 2 is 1.86 bits per heavy atom. The van der Waals surface area contributed by atoms with Crippen LogP contribution < -0.4 is 5.32 Å². The first-order valence-corrected chi connectivity index (χ1v) is 7.41. The second kappa shape index (κ2) is 5.81. The van der Waals surface area contributed by atoms with E-state index in [1.54, 1.807) is 12.1 Å². The molecule has 0 atom stereocenters. The molecule has 3 N–H and O–H groups in total. The van der Waals surface area contributed by atoms with Crippen LogP contribution in [0.5, 0.6) is 5.75 Å². The van der Waals surface area contributed by atoms with E-state index in [4.69, 9.17) is 5.11 Å². The maximum Gasteiger partial charge on any atom is 0.277 e. The highest BCUT2D eigenvalue weighted by atomic mass is 16.3. The standard InChI is InChI=1S/C16H18N2O4/c19-8-7-18-15(21)9-13(16(18)22)17-12-5-6-14(20)11-4-2-1-3-10(11)12/h5-6,9,17,19-20H,1-4,7-8H2. The van der Waals surface area contributed by atoms with E-state index in [-0.39, 0.29) is 24.6 Å². The van der Waals surface area contributed by atoms with Gasteiger partial charge in [-0.2, -0.15) is 0 Å². The highest BCUT2D eigenvalue weighted by molar-refractivity contribution is 6.17. The molecule has 116 valence electrons. The SMILES string of the molecule is O=C1C=C(Nc2ccc(O)c3c2CCCC3)C(=O)N1CCO. The molecule has 22 heavy (non-hydrogen) atoms. The summed E-state index contributed by atoms with van der Waals surface area (Å²) in [4.78, 5) is 24.9. The zero-order valence-corrected chi connectivity index (χ0v) is 12.1. The normalized spacial score (nSPS) is 17.5. The van der Waals surface area contributed by atoms with Crippen LogP contribution in [0.4, 0.5) is 5.69 Å². The molecule has 0 unspecified atom stereocenters.